The average molecular weight is 527 g/mol. The van der Waals surface area contributed by atoms with Gasteiger partial charge in [-0.25, -0.2) is 8.42 Å². The molecular formula is C28H34N2O4S2. The first-order valence-corrected chi connectivity index (χ1v) is 14.7. The topological polar surface area (TPSA) is 66.9 Å². The van der Waals surface area contributed by atoms with Crippen LogP contribution in [0.4, 0.5) is 0 Å². The van der Waals surface area contributed by atoms with E-state index in [1.165, 1.54) is 9.18 Å². The third kappa shape index (κ3) is 6.17. The van der Waals surface area contributed by atoms with E-state index in [1.54, 1.807) is 40.5 Å². The molecule has 2 heterocycles. The molecule has 0 saturated heterocycles. The molecule has 1 atom stereocenters. The van der Waals surface area contributed by atoms with Crippen LogP contribution in [0.3, 0.4) is 0 Å². The molecule has 1 amide bonds. The van der Waals surface area contributed by atoms with Crippen LogP contribution in [-0.4, -0.2) is 49.8 Å². The van der Waals surface area contributed by atoms with Gasteiger partial charge in [0.15, 0.2) is 0 Å². The van der Waals surface area contributed by atoms with E-state index in [0.29, 0.717) is 32.0 Å². The SMILES string of the molecule is Cc1ccc(S(=O)(=O)N(CCC(C)C)CC(=O)N2CCc3sccc3[C@H]2COc2ccccc2)cc1. The first-order valence-electron chi connectivity index (χ1n) is 12.4. The fourth-order valence-electron chi connectivity index (χ4n) is 4.35. The Bertz CT molecular complexity index is 1250. The Kier molecular flexibility index (Phi) is 8.49. The lowest BCUT2D eigenvalue weighted by Gasteiger charge is -2.37. The Morgan fingerprint density at radius 2 is 1.83 bits per heavy atom. The van der Waals surface area contributed by atoms with Crippen LogP contribution < -0.4 is 4.74 Å². The van der Waals surface area contributed by atoms with Crippen LogP contribution in [0.15, 0.2) is 70.9 Å². The number of carbonyl (C=O) groups is 1. The summed E-state index contributed by atoms with van der Waals surface area (Å²) in [5.74, 6) is 0.854. The summed E-state index contributed by atoms with van der Waals surface area (Å²) in [6, 6.07) is 18.1. The first kappa shape index (κ1) is 26.4. The molecule has 1 aliphatic rings. The van der Waals surface area contributed by atoms with Crippen molar-refractivity contribution in [2.24, 2.45) is 5.92 Å². The number of thiophene rings is 1. The molecule has 0 radical (unpaired) electrons. The maximum absolute atomic E-state index is 13.7. The van der Waals surface area contributed by atoms with Crippen molar-refractivity contribution in [2.75, 3.05) is 26.2 Å². The van der Waals surface area contributed by atoms with E-state index >= 15 is 0 Å². The zero-order chi connectivity index (χ0) is 25.7. The van der Waals surface area contributed by atoms with Gasteiger partial charge in [0.05, 0.1) is 17.5 Å². The molecule has 0 unspecified atom stereocenters. The molecule has 2 aromatic carbocycles. The van der Waals surface area contributed by atoms with Gasteiger partial charge >= 0.3 is 0 Å². The number of benzene rings is 2. The number of aryl methyl sites for hydroxylation is 1. The van der Waals surface area contributed by atoms with Crippen LogP contribution in [0.1, 0.15) is 42.3 Å². The third-order valence-corrected chi connectivity index (χ3v) is 9.35. The fourth-order valence-corrected chi connectivity index (χ4v) is 6.69. The number of hydrogen-bond acceptors (Lipinski definition) is 5. The van der Waals surface area contributed by atoms with Gasteiger partial charge in [-0.1, -0.05) is 49.7 Å². The lowest BCUT2D eigenvalue weighted by molar-refractivity contribution is -0.135. The molecule has 6 nitrogen and oxygen atoms in total. The van der Waals surface area contributed by atoms with Crippen molar-refractivity contribution in [3.05, 3.63) is 82.0 Å². The van der Waals surface area contributed by atoms with Gasteiger partial charge in [0.1, 0.15) is 12.4 Å². The molecule has 192 valence electrons. The minimum Gasteiger partial charge on any atom is -0.491 e. The molecule has 4 rings (SSSR count). The molecule has 0 bridgehead atoms. The number of fused-ring (bicyclic) bond motifs is 1. The van der Waals surface area contributed by atoms with E-state index < -0.39 is 10.0 Å². The van der Waals surface area contributed by atoms with E-state index in [4.69, 9.17) is 4.74 Å². The zero-order valence-corrected chi connectivity index (χ0v) is 22.7. The molecule has 8 heteroatoms. The highest BCUT2D eigenvalue weighted by Crippen LogP contribution is 2.34. The van der Waals surface area contributed by atoms with Crippen LogP contribution in [0.2, 0.25) is 0 Å². The minimum atomic E-state index is -3.81. The van der Waals surface area contributed by atoms with Gasteiger partial charge in [-0.15, -0.1) is 11.3 Å². The molecular weight excluding hydrogens is 492 g/mol. The second-order valence-electron chi connectivity index (χ2n) is 9.61. The summed E-state index contributed by atoms with van der Waals surface area (Å²) in [5, 5.41) is 2.05. The third-order valence-electron chi connectivity index (χ3n) is 6.49. The number of nitrogens with zero attached hydrogens (tertiary/aromatic N) is 2. The number of hydrogen-bond donors (Lipinski definition) is 0. The Morgan fingerprint density at radius 3 is 2.53 bits per heavy atom. The maximum Gasteiger partial charge on any atom is 0.243 e. The van der Waals surface area contributed by atoms with Crippen molar-refractivity contribution in [1.29, 1.82) is 0 Å². The van der Waals surface area contributed by atoms with Crippen LogP contribution in [0.5, 0.6) is 5.75 Å². The van der Waals surface area contributed by atoms with Crippen molar-refractivity contribution < 1.29 is 17.9 Å². The van der Waals surface area contributed by atoms with Crippen molar-refractivity contribution in [3.8, 4) is 5.75 Å². The lowest BCUT2D eigenvalue weighted by atomic mass is 10.0. The standard InChI is InChI=1S/C28H34N2O4S2/c1-21(2)13-16-29(36(32,33)24-11-9-22(3)10-12-24)19-28(31)30-17-14-27-25(15-18-35-27)26(30)20-34-23-7-5-4-6-8-23/h4-12,15,18,21,26H,13-14,16-17,19-20H2,1-3H3/t26-/m1/s1. The second-order valence-corrected chi connectivity index (χ2v) is 12.5. The minimum absolute atomic E-state index is 0.190. The molecule has 1 aliphatic heterocycles. The van der Waals surface area contributed by atoms with E-state index in [9.17, 15) is 13.2 Å². The summed E-state index contributed by atoms with van der Waals surface area (Å²) >= 11 is 1.69. The Morgan fingerprint density at radius 1 is 1.11 bits per heavy atom. The van der Waals surface area contributed by atoms with Gasteiger partial charge in [-0.3, -0.25) is 4.79 Å². The number of carbonyl (C=O) groups excluding carboxylic acids is 1. The van der Waals surface area contributed by atoms with E-state index in [2.05, 4.69) is 19.9 Å². The molecule has 0 spiro atoms. The van der Waals surface area contributed by atoms with Crippen LogP contribution >= 0.6 is 11.3 Å². The predicted molar refractivity (Wildman–Crippen MR) is 144 cm³/mol. The predicted octanol–water partition coefficient (Wildman–Crippen LogP) is 5.30. The van der Waals surface area contributed by atoms with E-state index in [-0.39, 0.29) is 23.4 Å². The Labute approximate surface area is 218 Å². The van der Waals surface area contributed by atoms with Crippen LogP contribution in [-0.2, 0) is 21.2 Å². The number of rotatable bonds is 10. The quantitative estimate of drug-likeness (QED) is 0.360. The van der Waals surface area contributed by atoms with Gasteiger partial charge in [0.2, 0.25) is 15.9 Å². The Hall–Kier alpha value is -2.68. The maximum atomic E-state index is 13.7. The van der Waals surface area contributed by atoms with Gasteiger partial charge < -0.3 is 9.64 Å². The van der Waals surface area contributed by atoms with Gasteiger partial charge in [-0.2, -0.15) is 4.31 Å². The highest BCUT2D eigenvalue weighted by molar-refractivity contribution is 7.89. The molecule has 36 heavy (non-hydrogen) atoms. The zero-order valence-electron chi connectivity index (χ0n) is 21.1. The summed E-state index contributed by atoms with van der Waals surface area (Å²) in [4.78, 5) is 17.0. The number of amides is 1. The summed E-state index contributed by atoms with van der Waals surface area (Å²) in [6.07, 6.45) is 1.44. The monoisotopic (exact) mass is 526 g/mol. The fraction of sp³-hybridized carbons (Fsp3) is 0.393. The van der Waals surface area contributed by atoms with Gasteiger partial charge in [0, 0.05) is 18.0 Å². The van der Waals surface area contributed by atoms with Crippen molar-refractivity contribution in [2.45, 2.75) is 44.6 Å². The Balaban J connectivity index is 1.57. The van der Waals surface area contributed by atoms with Gasteiger partial charge in [0.25, 0.3) is 0 Å². The number of sulfonamides is 1. The van der Waals surface area contributed by atoms with Crippen molar-refractivity contribution in [3.63, 3.8) is 0 Å². The normalized spacial score (nSPS) is 15.8. The van der Waals surface area contributed by atoms with Crippen molar-refractivity contribution in [1.82, 2.24) is 9.21 Å². The summed E-state index contributed by atoms with van der Waals surface area (Å²) < 4.78 is 34.5. The molecule has 3 aromatic rings. The number of para-hydroxylation sites is 1. The highest BCUT2D eigenvalue weighted by atomic mass is 32.2. The molecule has 1 aromatic heterocycles. The molecule has 0 saturated carbocycles. The van der Waals surface area contributed by atoms with Crippen LogP contribution in [0.25, 0.3) is 0 Å². The average Bonchev–Trinajstić information content (AvgIpc) is 3.35. The lowest BCUT2D eigenvalue weighted by Crippen LogP contribution is -2.48. The van der Waals surface area contributed by atoms with E-state index in [0.717, 1.165) is 23.3 Å². The largest absolute Gasteiger partial charge is 0.491 e. The first-order chi connectivity index (χ1) is 17.3. The highest BCUT2D eigenvalue weighted by Gasteiger charge is 2.35. The smallest absolute Gasteiger partial charge is 0.243 e. The van der Waals surface area contributed by atoms with E-state index in [1.807, 2.05) is 42.6 Å². The number of ether oxygens (including phenoxy) is 1. The second kappa shape index (κ2) is 11.6. The summed E-state index contributed by atoms with van der Waals surface area (Å²) in [5.41, 5.74) is 2.07. The summed E-state index contributed by atoms with van der Waals surface area (Å²) in [7, 11) is -3.81. The van der Waals surface area contributed by atoms with Gasteiger partial charge in [-0.05, 0) is 67.0 Å². The molecule has 0 aliphatic carbocycles. The summed E-state index contributed by atoms with van der Waals surface area (Å²) in [6.45, 7) is 6.99. The van der Waals surface area contributed by atoms with Crippen molar-refractivity contribution >= 4 is 27.3 Å². The molecule has 0 fully saturated rings. The van der Waals surface area contributed by atoms with Crippen LogP contribution in [0, 0.1) is 12.8 Å². The molecule has 0 N–H and O–H groups in total.